The van der Waals surface area contributed by atoms with Gasteiger partial charge < -0.3 is 15.2 Å². The first-order valence-corrected chi connectivity index (χ1v) is 9.26. The molecule has 1 aliphatic carbocycles. The number of rotatable bonds is 7. The number of hydrogen-bond donors (Lipinski definition) is 2. The van der Waals surface area contributed by atoms with Crippen LogP contribution in [0, 0.1) is 0 Å². The molecule has 4 rings (SSSR count). The van der Waals surface area contributed by atoms with Gasteiger partial charge in [0.1, 0.15) is 0 Å². The van der Waals surface area contributed by atoms with E-state index in [0.29, 0.717) is 35.4 Å². The maximum Gasteiger partial charge on any atom is 0.251 e. The van der Waals surface area contributed by atoms with Crippen molar-refractivity contribution in [2.45, 2.75) is 31.7 Å². The number of aromatic nitrogens is 2. The smallest absolute Gasteiger partial charge is 0.251 e. The van der Waals surface area contributed by atoms with Crippen molar-refractivity contribution >= 4 is 17.5 Å². The molecule has 1 aliphatic rings. The minimum absolute atomic E-state index is 0.0778. The van der Waals surface area contributed by atoms with E-state index in [0.717, 1.165) is 18.4 Å². The van der Waals surface area contributed by atoms with Crippen molar-refractivity contribution in [2.24, 2.45) is 0 Å². The van der Waals surface area contributed by atoms with Gasteiger partial charge >= 0.3 is 0 Å². The van der Waals surface area contributed by atoms with Crippen LogP contribution in [0.1, 0.15) is 35.5 Å². The summed E-state index contributed by atoms with van der Waals surface area (Å²) in [6.07, 6.45) is 2.67. The van der Waals surface area contributed by atoms with Gasteiger partial charge in [0.05, 0.1) is 0 Å². The van der Waals surface area contributed by atoms with E-state index in [1.54, 1.807) is 24.3 Å². The van der Waals surface area contributed by atoms with Gasteiger partial charge in [-0.15, -0.1) is 0 Å². The Morgan fingerprint density at radius 3 is 2.50 bits per heavy atom. The number of nitrogens with zero attached hydrogens (tertiary/aromatic N) is 2. The van der Waals surface area contributed by atoms with Crippen LogP contribution in [-0.4, -0.2) is 28.0 Å². The highest BCUT2D eigenvalue weighted by Gasteiger charge is 2.23. The lowest BCUT2D eigenvalue weighted by Crippen LogP contribution is -2.25. The van der Waals surface area contributed by atoms with Gasteiger partial charge in [-0.3, -0.25) is 9.59 Å². The Labute approximate surface area is 162 Å². The lowest BCUT2D eigenvalue weighted by atomic mass is 10.2. The number of amides is 2. The summed E-state index contributed by atoms with van der Waals surface area (Å²) >= 11 is 0. The van der Waals surface area contributed by atoms with Crippen LogP contribution < -0.4 is 10.6 Å². The Kier molecular flexibility index (Phi) is 5.14. The standard InChI is InChI=1S/C21H20N4O3/c26-18(12-13-19-24-20(25-28-19)14-4-2-1-3-5-14)22-16-8-6-15(7-9-16)21(27)23-17-10-11-17/h1-9,17H,10-13H2,(H,22,26)(H,23,27). The van der Waals surface area contributed by atoms with Gasteiger partial charge in [-0.25, -0.2) is 0 Å². The Morgan fingerprint density at radius 2 is 1.79 bits per heavy atom. The van der Waals surface area contributed by atoms with E-state index >= 15 is 0 Å². The molecule has 2 amide bonds. The normalized spacial score (nSPS) is 13.1. The molecule has 2 N–H and O–H groups in total. The zero-order chi connectivity index (χ0) is 19.3. The molecule has 0 spiro atoms. The summed E-state index contributed by atoms with van der Waals surface area (Å²) < 4.78 is 5.21. The second kappa shape index (κ2) is 8.04. The Balaban J connectivity index is 1.27. The topological polar surface area (TPSA) is 97.1 Å². The predicted octanol–water partition coefficient (Wildman–Crippen LogP) is 3.20. The van der Waals surface area contributed by atoms with E-state index in [9.17, 15) is 9.59 Å². The minimum atomic E-state index is -0.158. The van der Waals surface area contributed by atoms with Crippen LogP contribution in [-0.2, 0) is 11.2 Å². The molecule has 0 atom stereocenters. The van der Waals surface area contributed by atoms with Gasteiger partial charge in [-0.05, 0) is 37.1 Å². The quantitative estimate of drug-likeness (QED) is 0.660. The highest BCUT2D eigenvalue weighted by molar-refractivity contribution is 5.96. The van der Waals surface area contributed by atoms with E-state index in [1.807, 2.05) is 30.3 Å². The maximum absolute atomic E-state index is 12.2. The van der Waals surface area contributed by atoms with Crippen LogP contribution in [0.15, 0.2) is 59.1 Å². The molecule has 142 valence electrons. The fourth-order valence-electron chi connectivity index (χ4n) is 2.71. The zero-order valence-corrected chi connectivity index (χ0v) is 15.2. The zero-order valence-electron chi connectivity index (χ0n) is 15.2. The van der Waals surface area contributed by atoms with Gasteiger partial charge in [0, 0.05) is 35.7 Å². The molecular weight excluding hydrogens is 356 g/mol. The number of nitrogens with one attached hydrogen (secondary N) is 2. The molecule has 1 heterocycles. The average Bonchev–Trinajstić information content (AvgIpc) is 3.40. The first-order chi connectivity index (χ1) is 13.7. The summed E-state index contributed by atoms with van der Waals surface area (Å²) in [5.41, 5.74) is 2.10. The highest BCUT2D eigenvalue weighted by atomic mass is 16.5. The second-order valence-electron chi connectivity index (χ2n) is 6.75. The SMILES string of the molecule is O=C(CCc1nc(-c2ccccc2)no1)Nc1ccc(C(=O)NC2CC2)cc1. The molecular formula is C21H20N4O3. The third-order valence-electron chi connectivity index (χ3n) is 4.41. The second-order valence-corrected chi connectivity index (χ2v) is 6.75. The third-order valence-corrected chi connectivity index (χ3v) is 4.41. The average molecular weight is 376 g/mol. The third kappa shape index (κ3) is 4.62. The van der Waals surface area contributed by atoms with Gasteiger partial charge in [0.15, 0.2) is 0 Å². The molecule has 0 radical (unpaired) electrons. The minimum Gasteiger partial charge on any atom is -0.349 e. The fourth-order valence-corrected chi connectivity index (χ4v) is 2.71. The molecule has 0 bridgehead atoms. The number of aryl methyl sites for hydroxylation is 1. The Hall–Kier alpha value is -3.48. The van der Waals surface area contributed by atoms with Gasteiger partial charge in [-0.2, -0.15) is 4.98 Å². The predicted molar refractivity (Wildman–Crippen MR) is 104 cm³/mol. The van der Waals surface area contributed by atoms with Gasteiger partial charge in [0.2, 0.25) is 17.6 Å². The molecule has 7 heteroatoms. The fraction of sp³-hybridized carbons (Fsp3) is 0.238. The van der Waals surface area contributed by atoms with Crippen LogP contribution in [0.4, 0.5) is 5.69 Å². The van der Waals surface area contributed by atoms with Gasteiger partial charge in [0.25, 0.3) is 5.91 Å². The van der Waals surface area contributed by atoms with Crippen LogP contribution in [0.2, 0.25) is 0 Å². The first-order valence-electron chi connectivity index (χ1n) is 9.26. The van der Waals surface area contributed by atoms with E-state index in [4.69, 9.17) is 4.52 Å². The molecule has 0 saturated heterocycles. The number of carbonyl (C=O) groups is 2. The molecule has 28 heavy (non-hydrogen) atoms. The highest BCUT2D eigenvalue weighted by Crippen LogP contribution is 2.20. The summed E-state index contributed by atoms with van der Waals surface area (Å²) in [6.45, 7) is 0. The van der Waals surface area contributed by atoms with Crippen molar-refractivity contribution in [3.63, 3.8) is 0 Å². The number of benzene rings is 2. The molecule has 1 fully saturated rings. The number of carbonyl (C=O) groups excluding carboxylic acids is 2. The van der Waals surface area contributed by atoms with Crippen molar-refractivity contribution in [3.05, 3.63) is 66.1 Å². The summed E-state index contributed by atoms with van der Waals surface area (Å²) in [7, 11) is 0. The molecule has 1 saturated carbocycles. The lowest BCUT2D eigenvalue weighted by Gasteiger charge is -2.06. The van der Waals surface area contributed by atoms with E-state index in [-0.39, 0.29) is 18.2 Å². The number of anilines is 1. The van der Waals surface area contributed by atoms with E-state index < -0.39 is 0 Å². The van der Waals surface area contributed by atoms with Crippen molar-refractivity contribution in [1.82, 2.24) is 15.5 Å². The molecule has 3 aromatic rings. The summed E-state index contributed by atoms with van der Waals surface area (Å²) in [5.74, 6) is 0.692. The molecule has 1 aromatic heterocycles. The number of hydrogen-bond acceptors (Lipinski definition) is 5. The summed E-state index contributed by atoms with van der Waals surface area (Å²) in [5, 5.41) is 9.69. The van der Waals surface area contributed by atoms with Crippen LogP contribution in [0.3, 0.4) is 0 Å². The molecule has 0 unspecified atom stereocenters. The van der Waals surface area contributed by atoms with E-state index in [2.05, 4.69) is 20.8 Å². The van der Waals surface area contributed by atoms with Crippen molar-refractivity contribution in [3.8, 4) is 11.4 Å². The lowest BCUT2D eigenvalue weighted by molar-refractivity contribution is -0.116. The van der Waals surface area contributed by atoms with Crippen LogP contribution in [0.25, 0.3) is 11.4 Å². The van der Waals surface area contributed by atoms with Crippen LogP contribution >= 0.6 is 0 Å². The summed E-state index contributed by atoms with van der Waals surface area (Å²) in [4.78, 5) is 28.4. The Bertz CT molecular complexity index is 963. The van der Waals surface area contributed by atoms with Crippen LogP contribution in [0.5, 0.6) is 0 Å². The maximum atomic E-state index is 12.2. The van der Waals surface area contributed by atoms with Crippen molar-refractivity contribution in [2.75, 3.05) is 5.32 Å². The molecule has 2 aromatic carbocycles. The Morgan fingerprint density at radius 1 is 1.04 bits per heavy atom. The van der Waals surface area contributed by atoms with Crippen molar-refractivity contribution < 1.29 is 14.1 Å². The summed E-state index contributed by atoms with van der Waals surface area (Å²) in [6, 6.07) is 16.7. The first kappa shape index (κ1) is 17.9. The van der Waals surface area contributed by atoms with Crippen molar-refractivity contribution in [1.29, 1.82) is 0 Å². The largest absolute Gasteiger partial charge is 0.349 e. The molecule has 0 aliphatic heterocycles. The monoisotopic (exact) mass is 376 g/mol. The van der Waals surface area contributed by atoms with E-state index in [1.165, 1.54) is 0 Å². The molecule has 7 nitrogen and oxygen atoms in total. The van der Waals surface area contributed by atoms with Gasteiger partial charge in [-0.1, -0.05) is 35.5 Å².